The SMILES string of the molecule is Nc1ncnc2c1nnn2[C@@H]1O[C@H](OCP(=O)(O)OP(=O)(O)OP(=O)(O)O)C[C@H]1O. The van der Waals surface area contributed by atoms with Crippen LogP contribution in [-0.4, -0.2) is 68.4 Å². The standard InChI is InChI=1S/C9H15N6O12P3/c10-7-6-8(12-2-11-7)15(14-13-6)9-4(16)1-5(25-9)24-3-28(17,18)26-30(22,23)27-29(19,20)21/h2,4-5,9,16H,1,3H2,(H,17,18)(H,22,23)(H2,10,11,12)(H2,19,20,21)/t4-,5+,9-/m1/s1. The average molecular weight is 492 g/mol. The maximum absolute atomic E-state index is 11.8. The monoisotopic (exact) mass is 492 g/mol. The van der Waals surface area contributed by atoms with Crippen LogP contribution in [0.2, 0.25) is 0 Å². The topological polar surface area (TPSA) is 272 Å². The molecule has 0 bridgehead atoms. The van der Waals surface area contributed by atoms with Gasteiger partial charge in [0.1, 0.15) is 12.4 Å². The lowest BCUT2D eigenvalue weighted by molar-refractivity contribution is -0.148. The Kier molecular flexibility index (Phi) is 6.42. The van der Waals surface area contributed by atoms with Crippen LogP contribution < -0.4 is 5.73 Å². The molecule has 0 radical (unpaired) electrons. The summed E-state index contributed by atoms with van der Waals surface area (Å²) < 4.78 is 52.5. The van der Waals surface area contributed by atoms with Crippen molar-refractivity contribution in [3.63, 3.8) is 0 Å². The summed E-state index contributed by atoms with van der Waals surface area (Å²) in [5.41, 5.74) is 5.93. The summed E-state index contributed by atoms with van der Waals surface area (Å²) in [5.74, 6) is 0.0378. The summed E-state index contributed by atoms with van der Waals surface area (Å²) in [6.45, 7) is 0. The van der Waals surface area contributed by atoms with Crippen molar-refractivity contribution in [2.75, 3.05) is 12.1 Å². The van der Waals surface area contributed by atoms with Crippen LogP contribution in [-0.2, 0) is 31.8 Å². The largest absolute Gasteiger partial charge is 0.488 e. The van der Waals surface area contributed by atoms with Crippen molar-refractivity contribution in [2.24, 2.45) is 0 Å². The van der Waals surface area contributed by atoms with Crippen molar-refractivity contribution in [1.82, 2.24) is 25.0 Å². The number of rotatable bonds is 8. The van der Waals surface area contributed by atoms with Gasteiger partial charge in [-0.05, 0) is 0 Å². The van der Waals surface area contributed by atoms with E-state index in [-0.39, 0.29) is 23.4 Å². The second-order valence-corrected chi connectivity index (χ2v) is 10.5. The number of hydrogen-bond donors (Lipinski definition) is 6. The van der Waals surface area contributed by atoms with E-state index in [1.165, 1.54) is 0 Å². The van der Waals surface area contributed by atoms with Crippen LogP contribution >= 0.6 is 23.2 Å². The minimum Gasteiger partial charge on any atom is -0.388 e. The van der Waals surface area contributed by atoms with Gasteiger partial charge in [0.15, 0.2) is 35.8 Å². The Morgan fingerprint density at radius 1 is 1.20 bits per heavy atom. The molecule has 18 nitrogen and oxygen atoms in total. The van der Waals surface area contributed by atoms with E-state index in [9.17, 15) is 23.7 Å². The zero-order valence-corrected chi connectivity index (χ0v) is 17.2. The number of phosphoric acid groups is 2. The molecule has 21 heteroatoms. The Balaban J connectivity index is 1.63. The van der Waals surface area contributed by atoms with E-state index in [1.807, 2.05) is 0 Å². The van der Waals surface area contributed by atoms with Gasteiger partial charge in [0.25, 0.3) is 0 Å². The highest BCUT2D eigenvalue weighted by molar-refractivity contribution is 7.68. The van der Waals surface area contributed by atoms with Crippen molar-refractivity contribution in [3.05, 3.63) is 6.33 Å². The Morgan fingerprint density at radius 3 is 2.57 bits per heavy atom. The molecular formula is C9H15N6O12P3. The number of fused-ring (bicyclic) bond motifs is 1. The number of nitrogens with two attached hydrogens (primary N) is 1. The third kappa shape index (κ3) is 5.64. The number of aromatic nitrogens is 5. The molecule has 2 unspecified atom stereocenters. The van der Waals surface area contributed by atoms with Crippen LogP contribution in [0, 0.1) is 0 Å². The quantitative estimate of drug-likeness (QED) is 0.236. The van der Waals surface area contributed by atoms with Gasteiger partial charge in [-0.1, -0.05) is 5.21 Å². The third-order valence-electron chi connectivity index (χ3n) is 3.45. The van der Waals surface area contributed by atoms with Gasteiger partial charge in [0, 0.05) is 6.42 Å². The number of hydrogen-bond acceptors (Lipinski definition) is 13. The van der Waals surface area contributed by atoms with Gasteiger partial charge in [0.05, 0.1) is 0 Å². The second-order valence-electron chi connectivity index (χ2n) is 5.78. The molecule has 1 fully saturated rings. The summed E-state index contributed by atoms with van der Waals surface area (Å²) in [5, 5.41) is 17.7. The molecule has 1 saturated heterocycles. The van der Waals surface area contributed by atoms with E-state index in [4.69, 9.17) is 29.9 Å². The summed E-state index contributed by atoms with van der Waals surface area (Å²) in [7, 11) is -16.1. The molecular weight excluding hydrogens is 477 g/mol. The number of anilines is 1. The van der Waals surface area contributed by atoms with Gasteiger partial charge in [-0.2, -0.15) is 8.99 Å². The highest BCUT2D eigenvalue weighted by atomic mass is 31.3. The normalized spacial score (nSPS) is 26.5. The highest BCUT2D eigenvalue weighted by Crippen LogP contribution is 2.66. The molecule has 0 amide bonds. The average Bonchev–Trinajstić information content (AvgIpc) is 3.13. The van der Waals surface area contributed by atoms with E-state index < -0.39 is 48.2 Å². The molecule has 1 aliphatic rings. The molecule has 5 atom stereocenters. The van der Waals surface area contributed by atoms with Crippen LogP contribution in [0.25, 0.3) is 11.2 Å². The van der Waals surface area contributed by atoms with Crippen molar-refractivity contribution in [2.45, 2.75) is 25.0 Å². The number of ether oxygens (including phenoxy) is 2. The molecule has 0 spiro atoms. The zero-order chi connectivity index (χ0) is 22.3. The van der Waals surface area contributed by atoms with Crippen LogP contribution in [0.1, 0.15) is 12.6 Å². The molecule has 30 heavy (non-hydrogen) atoms. The maximum atomic E-state index is 11.8. The smallest absolute Gasteiger partial charge is 0.388 e. The van der Waals surface area contributed by atoms with Gasteiger partial charge in [-0.3, -0.25) is 4.57 Å². The summed E-state index contributed by atoms with van der Waals surface area (Å²) >= 11 is 0. The van der Waals surface area contributed by atoms with Crippen molar-refractivity contribution >= 4 is 40.2 Å². The molecule has 168 valence electrons. The molecule has 3 heterocycles. The van der Waals surface area contributed by atoms with Crippen molar-refractivity contribution < 1.29 is 56.5 Å². The minimum atomic E-state index is -5.59. The summed E-state index contributed by atoms with van der Waals surface area (Å²) in [6.07, 6.45) is -4.01. The van der Waals surface area contributed by atoms with E-state index in [0.717, 1.165) is 11.0 Å². The highest BCUT2D eigenvalue weighted by Gasteiger charge is 2.42. The van der Waals surface area contributed by atoms with Crippen LogP contribution in [0.15, 0.2) is 6.33 Å². The first-order valence-electron chi connectivity index (χ1n) is 7.66. The van der Waals surface area contributed by atoms with E-state index in [1.54, 1.807) is 0 Å². The number of nitrogens with zero attached hydrogens (tertiary/aromatic N) is 5. The molecule has 2 aromatic rings. The number of nitrogen functional groups attached to an aromatic ring is 1. The van der Waals surface area contributed by atoms with Gasteiger partial charge in [0.2, 0.25) is 0 Å². The Labute approximate surface area is 165 Å². The summed E-state index contributed by atoms with van der Waals surface area (Å²) in [6, 6.07) is 0. The van der Waals surface area contributed by atoms with Gasteiger partial charge >= 0.3 is 23.2 Å². The predicted molar refractivity (Wildman–Crippen MR) is 91.9 cm³/mol. The van der Waals surface area contributed by atoms with Crippen LogP contribution in [0.4, 0.5) is 5.82 Å². The summed E-state index contributed by atoms with van der Waals surface area (Å²) in [4.78, 5) is 43.3. The fraction of sp³-hybridized carbons (Fsp3) is 0.556. The molecule has 0 aliphatic carbocycles. The molecule has 7 N–H and O–H groups in total. The number of aliphatic hydroxyl groups is 1. The molecule has 2 aromatic heterocycles. The Bertz CT molecular complexity index is 1070. The molecule has 0 saturated carbocycles. The fourth-order valence-corrected chi connectivity index (χ4v) is 5.70. The van der Waals surface area contributed by atoms with Gasteiger partial charge in [-0.25, -0.2) is 23.4 Å². The lowest BCUT2D eigenvalue weighted by Gasteiger charge is -2.18. The van der Waals surface area contributed by atoms with Crippen LogP contribution in [0.3, 0.4) is 0 Å². The van der Waals surface area contributed by atoms with Crippen molar-refractivity contribution in [3.8, 4) is 0 Å². The third-order valence-corrected chi connectivity index (χ3v) is 7.45. The number of aliphatic hydroxyl groups excluding tert-OH is 1. The Morgan fingerprint density at radius 2 is 1.90 bits per heavy atom. The second kappa shape index (κ2) is 8.27. The molecule has 0 aromatic carbocycles. The first kappa shape index (κ1) is 23.3. The van der Waals surface area contributed by atoms with Crippen LogP contribution in [0.5, 0.6) is 0 Å². The van der Waals surface area contributed by atoms with E-state index in [2.05, 4.69) is 28.9 Å². The zero-order valence-electron chi connectivity index (χ0n) is 14.5. The lowest BCUT2D eigenvalue weighted by Crippen LogP contribution is -2.21. The van der Waals surface area contributed by atoms with Gasteiger partial charge in [-0.15, -0.1) is 5.10 Å². The van der Waals surface area contributed by atoms with E-state index in [0.29, 0.717) is 0 Å². The fourth-order valence-electron chi connectivity index (χ4n) is 2.41. The van der Waals surface area contributed by atoms with E-state index >= 15 is 0 Å². The predicted octanol–water partition coefficient (Wildman–Crippen LogP) is -1.20. The van der Waals surface area contributed by atoms with Crippen molar-refractivity contribution in [1.29, 1.82) is 0 Å². The van der Waals surface area contributed by atoms with Gasteiger partial charge < -0.3 is 39.9 Å². The first-order valence-corrected chi connectivity index (χ1v) is 12.4. The molecule has 1 aliphatic heterocycles. The Hall–Kier alpha value is -1.39. The maximum Gasteiger partial charge on any atom is 0.488 e. The minimum absolute atomic E-state index is 0.0378. The lowest BCUT2D eigenvalue weighted by atomic mass is 10.2. The molecule has 3 rings (SSSR count). The first-order chi connectivity index (χ1) is 13.8.